The van der Waals surface area contributed by atoms with Gasteiger partial charge in [-0.1, -0.05) is 11.6 Å². The summed E-state index contributed by atoms with van der Waals surface area (Å²) in [5, 5.41) is 1.13. The summed E-state index contributed by atoms with van der Waals surface area (Å²) in [5.74, 6) is -6.53. The average molecular weight is 454 g/mol. The van der Waals surface area contributed by atoms with Gasteiger partial charge in [0.2, 0.25) is 5.95 Å². The Hall–Kier alpha value is -2.56. The molecule has 2 bridgehead atoms. The lowest BCUT2D eigenvalue weighted by Crippen LogP contribution is -2.52. The van der Waals surface area contributed by atoms with Crippen LogP contribution in [-0.4, -0.2) is 22.0 Å². The van der Waals surface area contributed by atoms with Crippen molar-refractivity contribution >= 4 is 23.3 Å². The molecule has 0 spiro atoms. The van der Waals surface area contributed by atoms with Crippen LogP contribution >= 0.6 is 11.6 Å². The van der Waals surface area contributed by atoms with Crippen molar-refractivity contribution in [3.05, 3.63) is 57.9 Å². The van der Waals surface area contributed by atoms with Gasteiger partial charge in [-0.3, -0.25) is 0 Å². The third kappa shape index (κ3) is 3.06. The minimum atomic E-state index is -4.92. The van der Waals surface area contributed by atoms with Crippen molar-refractivity contribution in [2.75, 3.05) is 5.32 Å². The largest absolute Gasteiger partial charge is 0.417 e. The number of halogens is 8. The number of rotatable bonds is 1. The van der Waals surface area contributed by atoms with E-state index in [4.69, 9.17) is 11.6 Å². The molecule has 160 valence electrons. The van der Waals surface area contributed by atoms with Crippen LogP contribution in [0.2, 0.25) is 5.02 Å². The molecule has 2 aliphatic rings. The number of amides is 2. The summed E-state index contributed by atoms with van der Waals surface area (Å²) < 4.78 is 96.4. The number of nitrogens with zero attached hydrogens (tertiary/aromatic N) is 2. The van der Waals surface area contributed by atoms with Gasteiger partial charge in [-0.05, 0) is 36.6 Å². The lowest BCUT2D eigenvalue weighted by molar-refractivity contribution is -0.137. The minimum Gasteiger partial charge on any atom is -0.308 e. The van der Waals surface area contributed by atoms with Crippen LogP contribution in [0.4, 0.5) is 41.2 Å². The van der Waals surface area contributed by atoms with Crippen molar-refractivity contribution in [3.8, 4) is 0 Å². The van der Waals surface area contributed by atoms with Gasteiger partial charge in [-0.25, -0.2) is 14.2 Å². The zero-order chi connectivity index (χ0) is 22.0. The smallest absolute Gasteiger partial charge is 0.308 e. The van der Waals surface area contributed by atoms with Crippen LogP contribution in [0.25, 0.3) is 0 Å². The van der Waals surface area contributed by atoms with E-state index in [1.807, 2.05) is 5.32 Å². The van der Waals surface area contributed by atoms with E-state index < -0.39 is 63.8 Å². The Morgan fingerprint density at radius 1 is 1.23 bits per heavy atom. The molecular weight excluding hydrogens is 443 g/mol. The van der Waals surface area contributed by atoms with Crippen molar-refractivity contribution < 1.29 is 35.5 Å². The molecule has 1 fully saturated rings. The molecule has 1 aromatic carbocycles. The Morgan fingerprint density at radius 2 is 1.93 bits per heavy atom. The Morgan fingerprint density at radius 3 is 2.60 bits per heavy atom. The summed E-state index contributed by atoms with van der Waals surface area (Å²) in [6.45, 7) is 0. The maximum absolute atomic E-state index is 14.9. The van der Waals surface area contributed by atoms with Crippen LogP contribution < -0.4 is 5.32 Å². The van der Waals surface area contributed by atoms with E-state index in [9.17, 15) is 35.5 Å². The van der Waals surface area contributed by atoms with Gasteiger partial charge in [-0.15, -0.1) is 0 Å². The van der Waals surface area contributed by atoms with E-state index in [2.05, 4.69) is 4.98 Å². The van der Waals surface area contributed by atoms with Gasteiger partial charge in [-0.2, -0.15) is 26.3 Å². The Balaban J connectivity index is 1.68. The molecule has 2 atom stereocenters. The highest BCUT2D eigenvalue weighted by Crippen LogP contribution is 2.54. The highest BCUT2D eigenvalue weighted by molar-refractivity contribution is 6.31. The van der Waals surface area contributed by atoms with E-state index in [-0.39, 0.29) is 24.5 Å². The van der Waals surface area contributed by atoms with E-state index in [1.165, 1.54) is 6.07 Å². The molecule has 2 aliphatic heterocycles. The monoisotopic (exact) mass is 453 g/mol. The number of nitrogens with one attached hydrogen (secondary N) is 1. The molecule has 0 saturated carbocycles. The zero-order valence-electron chi connectivity index (χ0n) is 14.7. The number of carbonyl (C=O) groups excluding carboxylic acids is 1. The van der Waals surface area contributed by atoms with Crippen molar-refractivity contribution in [3.63, 3.8) is 0 Å². The van der Waals surface area contributed by atoms with Crippen LogP contribution in [0.15, 0.2) is 24.4 Å². The average Bonchev–Trinajstić information content (AvgIpc) is 3.04. The maximum atomic E-state index is 14.9. The number of hydrogen-bond acceptors (Lipinski definition) is 2. The van der Waals surface area contributed by atoms with Crippen LogP contribution in [-0.2, 0) is 12.1 Å². The molecule has 2 aromatic rings. The number of pyridine rings is 1. The van der Waals surface area contributed by atoms with Crippen molar-refractivity contribution in [2.24, 2.45) is 0 Å². The van der Waals surface area contributed by atoms with Gasteiger partial charge in [0.25, 0.3) is 5.92 Å². The molecule has 2 amide bonds. The van der Waals surface area contributed by atoms with E-state index in [0.29, 0.717) is 6.07 Å². The highest BCUT2D eigenvalue weighted by Gasteiger charge is 2.59. The molecule has 0 radical (unpaired) electrons. The first kappa shape index (κ1) is 20.7. The molecule has 0 aliphatic carbocycles. The molecule has 4 nitrogen and oxygen atoms in total. The summed E-state index contributed by atoms with van der Waals surface area (Å²) in [5.41, 5.74) is -3.15. The summed E-state index contributed by atoms with van der Waals surface area (Å²) in [4.78, 5) is 16.7. The Labute approximate surface area is 169 Å². The lowest BCUT2D eigenvalue weighted by Gasteiger charge is -2.40. The van der Waals surface area contributed by atoms with E-state index >= 15 is 0 Å². The predicted octanol–water partition coefficient (Wildman–Crippen LogP) is 5.88. The van der Waals surface area contributed by atoms with Gasteiger partial charge in [0.15, 0.2) is 0 Å². The molecule has 30 heavy (non-hydrogen) atoms. The maximum Gasteiger partial charge on any atom is 0.417 e. The normalized spacial score (nSPS) is 22.1. The van der Waals surface area contributed by atoms with Crippen molar-refractivity contribution in [1.29, 1.82) is 0 Å². The SMILES string of the molecule is O=C(Nc1cc(Cl)c(C(F)(F)F)cc1F)N1C2CCC1C(F)(F)c1c2ccnc1F. The van der Waals surface area contributed by atoms with Crippen LogP contribution in [0.5, 0.6) is 0 Å². The lowest BCUT2D eigenvalue weighted by atomic mass is 9.91. The fourth-order valence-electron chi connectivity index (χ4n) is 4.02. The van der Waals surface area contributed by atoms with Crippen LogP contribution in [0, 0.1) is 11.8 Å². The first-order valence-corrected chi connectivity index (χ1v) is 8.99. The highest BCUT2D eigenvalue weighted by atomic mass is 35.5. The summed E-state index contributed by atoms with van der Waals surface area (Å²) in [6.07, 6.45) is -3.99. The van der Waals surface area contributed by atoms with Crippen molar-refractivity contribution in [2.45, 2.75) is 37.0 Å². The number of anilines is 1. The number of carbonyl (C=O) groups is 1. The number of urea groups is 1. The number of fused-ring (bicyclic) bond motifs is 4. The Kier molecular flexibility index (Phi) is 4.64. The fraction of sp³-hybridized carbons (Fsp3) is 0.333. The molecule has 2 unspecified atom stereocenters. The first-order chi connectivity index (χ1) is 13.9. The molecule has 3 heterocycles. The van der Waals surface area contributed by atoms with Gasteiger partial charge < -0.3 is 10.2 Å². The molecule has 1 aromatic heterocycles. The third-order valence-corrected chi connectivity index (χ3v) is 5.58. The summed E-state index contributed by atoms with van der Waals surface area (Å²) in [7, 11) is 0. The van der Waals surface area contributed by atoms with Crippen LogP contribution in [0.1, 0.15) is 35.6 Å². The topological polar surface area (TPSA) is 45.2 Å². The van der Waals surface area contributed by atoms with Gasteiger partial charge in [0, 0.05) is 6.20 Å². The zero-order valence-corrected chi connectivity index (χ0v) is 15.5. The number of benzene rings is 1. The predicted molar refractivity (Wildman–Crippen MR) is 91.1 cm³/mol. The number of alkyl halides is 5. The summed E-state index contributed by atoms with van der Waals surface area (Å²) in [6, 6.07) is -1.97. The second-order valence-electron chi connectivity index (χ2n) is 6.94. The molecule has 1 saturated heterocycles. The second kappa shape index (κ2) is 6.73. The molecular formula is C18H11ClF7N3O. The fourth-order valence-corrected chi connectivity index (χ4v) is 4.29. The molecule has 1 N–H and O–H groups in total. The van der Waals surface area contributed by atoms with Gasteiger partial charge in [0.05, 0.1) is 27.9 Å². The number of aromatic nitrogens is 1. The number of hydrogen-bond donors (Lipinski definition) is 1. The summed E-state index contributed by atoms with van der Waals surface area (Å²) >= 11 is 5.53. The minimum absolute atomic E-state index is 0.0976. The van der Waals surface area contributed by atoms with Gasteiger partial charge in [0.1, 0.15) is 11.9 Å². The quantitative estimate of drug-likeness (QED) is 0.433. The first-order valence-electron chi connectivity index (χ1n) is 8.61. The van der Waals surface area contributed by atoms with E-state index in [1.54, 1.807) is 0 Å². The second-order valence-corrected chi connectivity index (χ2v) is 7.35. The van der Waals surface area contributed by atoms with Crippen LogP contribution in [0.3, 0.4) is 0 Å². The third-order valence-electron chi connectivity index (χ3n) is 5.27. The van der Waals surface area contributed by atoms with Gasteiger partial charge >= 0.3 is 12.2 Å². The molecule has 12 heteroatoms. The molecule has 4 rings (SSSR count). The van der Waals surface area contributed by atoms with E-state index in [0.717, 1.165) is 11.1 Å². The van der Waals surface area contributed by atoms with Crippen molar-refractivity contribution in [1.82, 2.24) is 9.88 Å². The standard InChI is InChI=1S/C18H11ClF7N3O/c19-9-6-11(10(20)5-8(9)18(24,25)26)28-16(30)29-12-1-2-13(29)17(22,23)14-7(12)3-4-27-15(14)21/h3-6,12-13H,1-2H2,(H,28,30). The Bertz CT molecular complexity index is 1040.